The van der Waals surface area contributed by atoms with Crippen LogP contribution in [0.4, 0.5) is 0 Å². The van der Waals surface area contributed by atoms with Gasteiger partial charge in [0.25, 0.3) is 5.89 Å². The Morgan fingerprint density at radius 1 is 1.37 bits per heavy atom. The molecule has 0 unspecified atom stereocenters. The highest BCUT2D eigenvalue weighted by atomic mass is 16.5. The summed E-state index contributed by atoms with van der Waals surface area (Å²) in [6.07, 6.45) is 2.39. The molecule has 0 amide bonds. The van der Waals surface area contributed by atoms with Gasteiger partial charge in [-0.15, -0.1) is 0 Å². The van der Waals surface area contributed by atoms with E-state index < -0.39 is 0 Å². The molecule has 2 heterocycles. The van der Waals surface area contributed by atoms with Gasteiger partial charge in [0.2, 0.25) is 0 Å². The van der Waals surface area contributed by atoms with Crippen molar-refractivity contribution in [1.29, 1.82) is 0 Å². The van der Waals surface area contributed by atoms with Crippen molar-refractivity contribution in [3.8, 4) is 5.75 Å². The van der Waals surface area contributed by atoms with Crippen molar-refractivity contribution in [3.63, 3.8) is 0 Å². The molecule has 2 aromatic rings. The minimum atomic E-state index is 0.127. The van der Waals surface area contributed by atoms with Crippen LogP contribution in [0, 0.1) is 6.92 Å². The molecule has 0 atom stereocenters. The first-order chi connectivity index (χ1) is 9.22. The van der Waals surface area contributed by atoms with Gasteiger partial charge in [-0.05, 0) is 25.5 Å². The number of pyridine rings is 1. The summed E-state index contributed by atoms with van der Waals surface area (Å²) in [6.45, 7) is 3.98. The number of hydrogen-bond acceptors (Lipinski definition) is 6. The summed E-state index contributed by atoms with van der Waals surface area (Å²) in [5, 5.41) is 3.82. The predicted octanol–water partition coefficient (Wildman–Crippen LogP) is 2.12. The summed E-state index contributed by atoms with van der Waals surface area (Å²) in [5.41, 5.74) is 1.03. The highest BCUT2D eigenvalue weighted by Gasteiger charge is 2.09. The van der Waals surface area contributed by atoms with E-state index in [9.17, 15) is 4.79 Å². The van der Waals surface area contributed by atoms with Gasteiger partial charge in [0.05, 0.1) is 0 Å². The van der Waals surface area contributed by atoms with Crippen molar-refractivity contribution in [2.75, 3.05) is 0 Å². The van der Waals surface area contributed by atoms with Crippen LogP contribution in [0.25, 0.3) is 0 Å². The van der Waals surface area contributed by atoms with E-state index in [1.54, 1.807) is 12.1 Å². The van der Waals surface area contributed by atoms with Gasteiger partial charge < -0.3 is 9.26 Å². The summed E-state index contributed by atoms with van der Waals surface area (Å²) in [4.78, 5) is 19.1. The predicted molar refractivity (Wildman–Crippen MR) is 67.0 cm³/mol. The molecule has 0 aromatic carbocycles. The normalized spacial score (nSPS) is 10.4. The minimum Gasteiger partial charge on any atom is -0.481 e. The van der Waals surface area contributed by atoms with Crippen LogP contribution in [-0.4, -0.2) is 21.4 Å². The van der Waals surface area contributed by atoms with E-state index in [1.165, 1.54) is 0 Å². The number of aryl methyl sites for hydroxylation is 2. The molecule has 0 saturated carbocycles. The second-order valence-electron chi connectivity index (χ2n) is 4.10. The molecule has 6 heteroatoms. The van der Waals surface area contributed by atoms with Crippen molar-refractivity contribution >= 4 is 6.29 Å². The van der Waals surface area contributed by atoms with Gasteiger partial charge in [-0.1, -0.05) is 12.1 Å². The third-order valence-electron chi connectivity index (χ3n) is 2.47. The molecule has 0 saturated heterocycles. The lowest BCUT2D eigenvalue weighted by Gasteiger charge is -2.05. The molecule has 0 spiro atoms. The van der Waals surface area contributed by atoms with Gasteiger partial charge in [0, 0.05) is 12.1 Å². The monoisotopic (exact) mass is 261 g/mol. The molecule has 0 N–H and O–H groups in total. The standard InChI is InChI=1S/C13H15N3O3/c1-3-4-12-15-13(19-16-12)8-18-11-6-5-9(2)14-10(11)7-17/h5-7H,3-4,8H2,1-2H3. The third-order valence-corrected chi connectivity index (χ3v) is 2.47. The summed E-state index contributed by atoms with van der Waals surface area (Å²) in [5.74, 6) is 1.47. The van der Waals surface area contributed by atoms with Gasteiger partial charge >= 0.3 is 0 Å². The lowest BCUT2D eigenvalue weighted by molar-refractivity contribution is 0.111. The van der Waals surface area contributed by atoms with E-state index in [-0.39, 0.29) is 12.3 Å². The topological polar surface area (TPSA) is 78.1 Å². The van der Waals surface area contributed by atoms with Crippen molar-refractivity contribution in [1.82, 2.24) is 15.1 Å². The van der Waals surface area contributed by atoms with Crippen molar-refractivity contribution in [2.24, 2.45) is 0 Å². The van der Waals surface area contributed by atoms with Crippen LogP contribution in [0.3, 0.4) is 0 Å². The van der Waals surface area contributed by atoms with E-state index >= 15 is 0 Å². The second-order valence-corrected chi connectivity index (χ2v) is 4.10. The smallest absolute Gasteiger partial charge is 0.264 e. The molecule has 0 aliphatic carbocycles. The fraction of sp³-hybridized carbons (Fsp3) is 0.385. The van der Waals surface area contributed by atoms with Crippen LogP contribution >= 0.6 is 0 Å². The number of carbonyl (C=O) groups excluding carboxylic acids is 1. The zero-order valence-corrected chi connectivity index (χ0v) is 10.9. The van der Waals surface area contributed by atoms with E-state index in [0.717, 1.165) is 18.5 Å². The van der Waals surface area contributed by atoms with Crippen LogP contribution < -0.4 is 4.74 Å². The zero-order chi connectivity index (χ0) is 13.7. The van der Waals surface area contributed by atoms with E-state index in [2.05, 4.69) is 15.1 Å². The third kappa shape index (κ3) is 3.37. The fourth-order valence-electron chi connectivity index (χ4n) is 1.58. The minimum absolute atomic E-state index is 0.127. The SMILES string of the molecule is CCCc1noc(COc2ccc(C)nc2C=O)n1. The molecule has 0 bridgehead atoms. The van der Waals surface area contributed by atoms with Crippen LogP contribution in [-0.2, 0) is 13.0 Å². The lowest BCUT2D eigenvalue weighted by atomic mass is 10.3. The number of rotatable bonds is 6. The van der Waals surface area contributed by atoms with Gasteiger partial charge in [0.15, 0.2) is 18.7 Å². The first kappa shape index (κ1) is 13.2. The van der Waals surface area contributed by atoms with Gasteiger partial charge in [0.1, 0.15) is 11.4 Å². The first-order valence-corrected chi connectivity index (χ1v) is 6.10. The highest BCUT2D eigenvalue weighted by molar-refractivity contribution is 5.76. The van der Waals surface area contributed by atoms with Gasteiger partial charge in [-0.3, -0.25) is 4.79 Å². The Morgan fingerprint density at radius 3 is 2.95 bits per heavy atom. The average Bonchev–Trinajstić information content (AvgIpc) is 2.85. The molecule has 19 heavy (non-hydrogen) atoms. The van der Waals surface area contributed by atoms with Crippen molar-refractivity contribution in [2.45, 2.75) is 33.3 Å². The Hall–Kier alpha value is -2.24. The Balaban J connectivity index is 2.03. The maximum absolute atomic E-state index is 10.9. The fourth-order valence-corrected chi connectivity index (χ4v) is 1.58. The number of aldehydes is 1. The van der Waals surface area contributed by atoms with Crippen molar-refractivity contribution < 1.29 is 14.1 Å². The number of carbonyl (C=O) groups is 1. The molecule has 2 aromatic heterocycles. The summed E-state index contributed by atoms with van der Waals surface area (Å²) < 4.78 is 10.5. The molecular weight excluding hydrogens is 246 g/mol. The largest absolute Gasteiger partial charge is 0.481 e. The number of hydrogen-bond donors (Lipinski definition) is 0. The second kappa shape index (κ2) is 6.08. The van der Waals surface area contributed by atoms with E-state index in [4.69, 9.17) is 9.26 Å². The number of aromatic nitrogens is 3. The van der Waals surface area contributed by atoms with Gasteiger partial charge in [-0.2, -0.15) is 4.98 Å². The number of ether oxygens (including phenoxy) is 1. The van der Waals surface area contributed by atoms with Crippen LogP contribution in [0.15, 0.2) is 16.7 Å². The Bertz CT molecular complexity index is 566. The molecule has 2 rings (SSSR count). The van der Waals surface area contributed by atoms with Crippen LogP contribution in [0.1, 0.15) is 41.2 Å². The molecule has 0 aliphatic heterocycles. The Kier molecular flexibility index (Phi) is 4.22. The summed E-state index contributed by atoms with van der Waals surface area (Å²) in [6, 6.07) is 3.48. The van der Waals surface area contributed by atoms with Crippen LogP contribution in [0.5, 0.6) is 5.75 Å². The molecule has 0 fully saturated rings. The quantitative estimate of drug-likeness (QED) is 0.741. The lowest BCUT2D eigenvalue weighted by Crippen LogP contribution is -2.01. The zero-order valence-electron chi connectivity index (χ0n) is 10.9. The summed E-state index contributed by atoms with van der Waals surface area (Å²) >= 11 is 0. The van der Waals surface area contributed by atoms with E-state index in [1.807, 2.05) is 13.8 Å². The maximum atomic E-state index is 10.9. The van der Waals surface area contributed by atoms with Crippen LogP contribution in [0.2, 0.25) is 0 Å². The average molecular weight is 261 g/mol. The highest BCUT2D eigenvalue weighted by Crippen LogP contribution is 2.16. The molecule has 0 radical (unpaired) electrons. The van der Waals surface area contributed by atoms with Crippen molar-refractivity contribution in [3.05, 3.63) is 35.2 Å². The Morgan fingerprint density at radius 2 is 2.21 bits per heavy atom. The molecule has 0 aliphatic rings. The molecular formula is C13H15N3O3. The summed E-state index contributed by atoms with van der Waals surface area (Å²) in [7, 11) is 0. The Labute approximate surface area is 110 Å². The molecule has 6 nitrogen and oxygen atoms in total. The van der Waals surface area contributed by atoms with Gasteiger partial charge in [-0.25, -0.2) is 4.98 Å². The maximum Gasteiger partial charge on any atom is 0.264 e. The van der Waals surface area contributed by atoms with E-state index in [0.29, 0.717) is 23.8 Å². The first-order valence-electron chi connectivity index (χ1n) is 6.10. The molecule has 100 valence electrons. The number of nitrogens with zero attached hydrogens (tertiary/aromatic N) is 3.